The van der Waals surface area contributed by atoms with Gasteiger partial charge in [-0.25, -0.2) is 0 Å². The molecule has 258 valence electrons. The Morgan fingerprint density at radius 1 is 0.396 bits per heavy atom. The first-order valence-electron chi connectivity index (χ1n) is 18.9. The van der Waals surface area contributed by atoms with Gasteiger partial charge in [-0.3, -0.25) is 0 Å². The molecule has 53 heavy (non-hydrogen) atoms. The van der Waals surface area contributed by atoms with Crippen molar-refractivity contribution >= 4 is 21.5 Å². The molecular weight excluding hydrogens is 645 g/mol. The van der Waals surface area contributed by atoms with Crippen molar-refractivity contribution in [2.24, 2.45) is 0 Å². The molecule has 0 radical (unpaired) electrons. The zero-order valence-corrected chi connectivity index (χ0v) is 30.2. The maximum absolute atomic E-state index is 10.4. The summed E-state index contributed by atoms with van der Waals surface area (Å²) in [5.41, 5.74) is 14.4. The van der Waals surface area contributed by atoms with Gasteiger partial charge in [-0.1, -0.05) is 136 Å². The Balaban J connectivity index is 1.41. The Morgan fingerprint density at radius 2 is 0.811 bits per heavy atom. The number of aromatic hydroxyl groups is 2. The van der Waals surface area contributed by atoms with Crippen LogP contribution in [-0.4, -0.2) is 10.2 Å². The van der Waals surface area contributed by atoms with Crippen LogP contribution in [0.2, 0.25) is 0 Å². The van der Waals surface area contributed by atoms with Gasteiger partial charge < -0.3 is 10.2 Å². The van der Waals surface area contributed by atoms with Crippen LogP contribution in [0.3, 0.4) is 0 Å². The smallest absolute Gasteiger partial charge is 0.116 e. The third-order valence-corrected chi connectivity index (χ3v) is 11.3. The van der Waals surface area contributed by atoms with Crippen molar-refractivity contribution in [2.45, 2.75) is 44.9 Å². The molecule has 0 aliphatic heterocycles. The van der Waals surface area contributed by atoms with Crippen molar-refractivity contribution in [1.29, 1.82) is 0 Å². The number of benzene rings is 8. The molecule has 1 aliphatic rings. The highest BCUT2D eigenvalue weighted by Crippen LogP contribution is 2.58. The Hall–Kier alpha value is -6.12. The highest BCUT2D eigenvalue weighted by atomic mass is 16.3. The Morgan fingerprint density at radius 3 is 1.26 bits per heavy atom. The zero-order chi connectivity index (χ0) is 36.1. The van der Waals surface area contributed by atoms with Crippen molar-refractivity contribution in [3.8, 4) is 44.9 Å². The molecule has 0 saturated carbocycles. The fraction of sp³-hybridized carbons (Fsp3) is 0.137. The minimum Gasteiger partial charge on any atom is -0.508 e. The Kier molecular flexibility index (Phi) is 8.12. The van der Waals surface area contributed by atoms with Crippen molar-refractivity contribution in [3.05, 3.63) is 191 Å². The largest absolute Gasteiger partial charge is 0.508 e. The predicted molar refractivity (Wildman–Crippen MR) is 221 cm³/mol. The van der Waals surface area contributed by atoms with Gasteiger partial charge in [-0.15, -0.1) is 0 Å². The monoisotopic (exact) mass is 686 g/mol. The fourth-order valence-corrected chi connectivity index (χ4v) is 8.96. The van der Waals surface area contributed by atoms with E-state index in [9.17, 15) is 10.2 Å². The van der Waals surface area contributed by atoms with E-state index in [-0.39, 0.29) is 11.5 Å². The molecular formula is C51H42O2. The summed E-state index contributed by atoms with van der Waals surface area (Å²) in [6, 6.07) is 56.7. The highest BCUT2D eigenvalue weighted by molar-refractivity contribution is 5.94. The topological polar surface area (TPSA) is 40.5 Å². The third-order valence-electron chi connectivity index (χ3n) is 11.3. The molecule has 9 rings (SSSR count). The van der Waals surface area contributed by atoms with Crippen LogP contribution in [0.1, 0.15) is 60.1 Å². The van der Waals surface area contributed by atoms with Crippen molar-refractivity contribution < 1.29 is 10.2 Å². The van der Waals surface area contributed by atoms with Gasteiger partial charge in [0.15, 0.2) is 0 Å². The quantitative estimate of drug-likeness (QED) is 0.167. The molecule has 0 bridgehead atoms. The zero-order valence-electron chi connectivity index (χ0n) is 30.2. The molecule has 1 aliphatic carbocycles. The summed E-state index contributed by atoms with van der Waals surface area (Å²) < 4.78 is 0. The maximum Gasteiger partial charge on any atom is 0.116 e. The standard InChI is InChI=1S/C51H42O2/c1-3-9-33-11-5-7-13-45(33)39-19-25-47-48-26-20-40(46-14-8-6-12-34(46)10-4-2)32-50(48)51(49(47)31-39,41-21-15-37-29-43(52)23-17-35(37)27-41)42-22-16-38-30-44(53)24-18-36(38)28-42/h5-8,11-32,52-53H,3-4,9-10H2,1-2H3. The Labute approximate surface area is 311 Å². The lowest BCUT2D eigenvalue weighted by molar-refractivity contribution is 0.475. The van der Waals surface area contributed by atoms with Crippen LogP contribution in [0.4, 0.5) is 0 Å². The number of aryl methyl sites for hydroxylation is 2. The van der Waals surface area contributed by atoms with Gasteiger partial charge in [0, 0.05) is 0 Å². The summed E-state index contributed by atoms with van der Waals surface area (Å²) in [6.07, 6.45) is 4.21. The normalized spacial score (nSPS) is 12.9. The van der Waals surface area contributed by atoms with Crippen LogP contribution in [0.5, 0.6) is 11.5 Å². The van der Waals surface area contributed by atoms with Crippen LogP contribution in [0.15, 0.2) is 158 Å². The number of hydrogen-bond acceptors (Lipinski definition) is 2. The maximum atomic E-state index is 10.4. The van der Waals surface area contributed by atoms with Crippen LogP contribution in [0, 0.1) is 0 Å². The van der Waals surface area contributed by atoms with E-state index in [2.05, 4.69) is 135 Å². The van der Waals surface area contributed by atoms with E-state index < -0.39 is 5.41 Å². The second kappa shape index (κ2) is 13.1. The number of phenols is 2. The second-order valence-corrected chi connectivity index (χ2v) is 14.6. The molecule has 0 atom stereocenters. The van der Waals surface area contributed by atoms with E-state index in [1.165, 1.54) is 66.8 Å². The summed E-state index contributed by atoms with van der Waals surface area (Å²) in [7, 11) is 0. The molecule has 2 N–H and O–H groups in total. The van der Waals surface area contributed by atoms with Gasteiger partial charge in [-0.05, 0) is 150 Å². The lowest BCUT2D eigenvalue weighted by Gasteiger charge is -2.35. The minimum absolute atomic E-state index is 0.264. The SMILES string of the molecule is CCCc1ccccc1-c1ccc2c(c1)C(c1ccc3cc(O)ccc3c1)(c1ccc3cc(O)ccc3c1)c1cc(-c3ccccc3CCC)ccc1-2. The molecule has 0 spiro atoms. The molecule has 0 amide bonds. The molecule has 0 unspecified atom stereocenters. The minimum atomic E-state index is -0.672. The van der Waals surface area contributed by atoms with Crippen molar-refractivity contribution in [1.82, 2.24) is 0 Å². The van der Waals surface area contributed by atoms with E-state index >= 15 is 0 Å². The number of phenolic OH excluding ortho intramolecular Hbond substituents is 2. The summed E-state index contributed by atoms with van der Waals surface area (Å²) in [4.78, 5) is 0. The molecule has 8 aromatic carbocycles. The molecule has 0 heterocycles. The van der Waals surface area contributed by atoms with Crippen LogP contribution in [0.25, 0.3) is 54.9 Å². The number of rotatable bonds is 8. The van der Waals surface area contributed by atoms with Gasteiger partial charge in [0.05, 0.1) is 5.41 Å². The summed E-state index contributed by atoms with van der Waals surface area (Å²) >= 11 is 0. The van der Waals surface area contributed by atoms with E-state index in [1.54, 1.807) is 12.1 Å². The summed E-state index contributed by atoms with van der Waals surface area (Å²) in [5, 5.41) is 25.0. The molecule has 0 saturated heterocycles. The summed E-state index contributed by atoms with van der Waals surface area (Å²) in [6.45, 7) is 4.49. The average molecular weight is 687 g/mol. The first-order valence-corrected chi connectivity index (χ1v) is 18.9. The summed E-state index contributed by atoms with van der Waals surface area (Å²) in [5.74, 6) is 0.528. The van der Waals surface area contributed by atoms with Crippen LogP contribution >= 0.6 is 0 Å². The highest BCUT2D eigenvalue weighted by Gasteiger charge is 2.47. The second-order valence-electron chi connectivity index (χ2n) is 14.6. The van der Waals surface area contributed by atoms with Gasteiger partial charge in [-0.2, -0.15) is 0 Å². The fourth-order valence-electron chi connectivity index (χ4n) is 8.96. The average Bonchev–Trinajstić information content (AvgIpc) is 3.48. The predicted octanol–water partition coefficient (Wildman–Crippen LogP) is 13.0. The molecule has 2 nitrogen and oxygen atoms in total. The third kappa shape index (κ3) is 5.40. The van der Waals surface area contributed by atoms with Crippen molar-refractivity contribution in [3.63, 3.8) is 0 Å². The number of hydrogen-bond donors (Lipinski definition) is 2. The number of fused-ring (bicyclic) bond motifs is 5. The van der Waals surface area contributed by atoms with Gasteiger partial charge >= 0.3 is 0 Å². The lowest BCUT2D eigenvalue weighted by atomic mass is 9.66. The molecule has 0 fully saturated rings. The lowest BCUT2D eigenvalue weighted by Crippen LogP contribution is -2.28. The first kappa shape index (κ1) is 32.8. The molecule has 0 aromatic heterocycles. The van der Waals surface area contributed by atoms with Gasteiger partial charge in [0.1, 0.15) is 11.5 Å². The Bertz CT molecular complexity index is 2500. The van der Waals surface area contributed by atoms with Crippen LogP contribution < -0.4 is 0 Å². The van der Waals surface area contributed by atoms with E-state index in [1.807, 2.05) is 24.3 Å². The van der Waals surface area contributed by atoms with E-state index in [4.69, 9.17) is 0 Å². The van der Waals surface area contributed by atoms with E-state index in [0.29, 0.717) is 0 Å². The van der Waals surface area contributed by atoms with Crippen LogP contribution in [-0.2, 0) is 18.3 Å². The molecule has 8 aromatic rings. The first-order chi connectivity index (χ1) is 26.0. The van der Waals surface area contributed by atoms with Gasteiger partial charge in [0.2, 0.25) is 0 Å². The molecule has 2 heteroatoms. The van der Waals surface area contributed by atoms with Crippen molar-refractivity contribution in [2.75, 3.05) is 0 Å². The van der Waals surface area contributed by atoms with Gasteiger partial charge in [0.25, 0.3) is 0 Å². The van der Waals surface area contributed by atoms with E-state index in [0.717, 1.165) is 47.2 Å².